The monoisotopic (exact) mass is 584 g/mol. The Bertz CT molecular complexity index is 1460. The van der Waals surface area contributed by atoms with Crippen molar-refractivity contribution in [2.45, 2.75) is 70.0 Å². The molecule has 0 radical (unpaired) electrons. The van der Waals surface area contributed by atoms with Crippen molar-refractivity contribution < 1.29 is 19.2 Å². The summed E-state index contributed by atoms with van der Waals surface area (Å²) in [6.45, 7) is 3.39. The fourth-order valence-electron chi connectivity index (χ4n) is 7.08. The lowest BCUT2D eigenvalue weighted by atomic mass is 9.77. The van der Waals surface area contributed by atoms with Gasteiger partial charge in [-0.15, -0.1) is 0 Å². The van der Waals surface area contributed by atoms with E-state index in [1.807, 2.05) is 64.4 Å². The van der Waals surface area contributed by atoms with Gasteiger partial charge in [-0.1, -0.05) is 42.5 Å². The molecule has 3 saturated heterocycles. The number of piperidine rings is 2. The van der Waals surface area contributed by atoms with Gasteiger partial charge in [-0.05, 0) is 55.7 Å². The fraction of sp³-hybridized carbons (Fsp3) is 0.485. The fourth-order valence-corrected chi connectivity index (χ4v) is 7.08. The van der Waals surface area contributed by atoms with Gasteiger partial charge in [0.05, 0.1) is 11.0 Å². The normalized spacial score (nSPS) is 26.6. The summed E-state index contributed by atoms with van der Waals surface area (Å²) in [7, 11) is 0. The van der Waals surface area contributed by atoms with Gasteiger partial charge in [-0.3, -0.25) is 19.2 Å². The summed E-state index contributed by atoms with van der Waals surface area (Å²) >= 11 is 0. The van der Waals surface area contributed by atoms with Gasteiger partial charge in [0, 0.05) is 51.4 Å². The number of amides is 4. The predicted octanol–water partition coefficient (Wildman–Crippen LogP) is 2.59. The van der Waals surface area contributed by atoms with Crippen LogP contribution in [0.25, 0.3) is 11.0 Å². The Balaban J connectivity index is 1.18. The Morgan fingerprint density at radius 2 is 1.77 bits per heavy atom. The van der Waals surface area contributed by atoms with Gasteiger partial charge in [0.2, 0.25) is 23.6 Å². The molecule has 3 aliphatic heterocycles. The SMILES string of the molecule is C[C@H]1NC(=O)CCC[C@H]2[C@@H]3C[C@@H](CN(C(=O)CCc4nc5ccccc5[nH]4)C3)CN2C(=O)[C@H](Cc2ccccc2)NC1=O. The first-order valence-corrected chi connectivity index (χ1v) is 15.5. The van der Waals surface area contributed by atoms with E-state index in [4.69, 9.17) is 0 Å². The molecule has 6 rings (SSSR count). The third-order valence-electron chi connectivity index (χ3n) is 9.19. The second-order valence-corrected chi connectivity index (χ2v) is 12.4. The smallest absolute Gasteiger partial charge is 0.245 e. The molecule has 1 aromatic heterocycles. The van der Waals surface area contributed by atoms with E-state index in [1.165, 1.54) is 0 Å². The molecular formula is C33H40N6O4. The molecule has 43 heavy (non-hydrogen) atoms. The molecule has 0 saturated carbocycles. The number of aromatic nitrogens is 2. The minimum Gasteiger partial charge on any atom is -0.345 e. The minimum absolute atomic E-state index is 0.0827. The van der Waals surface area contributed by atoms with Crippen LogP contribution in [0.4, 0.5) is 0 Å². The molecule has 0 aliphatic carbocycles. The van der Waals surface area contributed by atoms with Gasteiger partial charge in [0.1, 0.15) is 17.9 Å². The topological polar surface area (TPSA) is 128 Å². The van der Waals surface area contributed by atoms with E-state index in [1.54, 1.807) is 6.92 Å². The molecule has 5 atom stereocenters. The van der Waals surface area contributed by atoms with E-state index < -0.39 is 12.1 Å². The summed E-state index contributed by atoms with van der Waals surface area (Å²) in [6, 6.07) is 16.0. The summed E-state index contributed by atoms with van der Waals surface area (Å²) < 4.78 is 0. The van der Waals surface area contributed by atoms with Crippen LogP contribution >= 0.6 is 0 Å². The van der Waals surface area contributed by atoms with Crippen LogP contribution in [0, 0.1) is 11.8 Å². The molecule has 3 N–H and O–H groups in total. The maximum absolute atomic E-state index is 14.2. The molecule has 3 aliphatic rings. The number of nitrogens with zero attached hydrogens (tertiary/aromatic N) is 3. The van der Waals surface area contributed by atoms with Crippen molar-refractivity contribution in [2.75, 3.05) is 19.6 Å². The number of fused-ring (bicyclic) bond motifs is 5. The number of benzene rings is 2. The van der Waals surface area contributed by atoms with Gasteiger partial charge >= 0.3 is 0 Å². The van der Waals surface area contributed by atoms with Gasteiger partial charge in [-0.2, -0.15) is 0 Å². The van der Waals surface area contributed by atoms with Gasteiger partial charge < -0.3 is 25.4 Å². The molecule has 226 valence electrons. The van der Waals surface area contributed by atoms with Crippen molar-refractivity contribution in [3.8, 4) is 0 Å². The van der Waals surface area contributed by atoms with Crippen LogP contribution in [0.1, 0.15) is 50.4 Å². The van der Waals surface area contributed by atoms with Crippen molar-refractivity contribution in [3.05, 3.63) is 66.0 Å². The summed E-state index contributed by atoms with van der Waals surface area (Å²) in [5.41, 5.74) is 2.82. The van der Waals surface area contributed by atoms with Crippen molar-refractivity contribution in [1.29, 1.82) is 0 Å². The quantitative estimate of drug-likeness (QED) is 0.425. The van der Waals surface area contributed by atoms with Crippen molar-refractivity contribution >= 4 is 34.7 Å². The Hall–Kier alpha value is -4.21. The molecular weight excluding hydrogens is 544 g/mol. The molecule has 2 aromatic carbocycles. The van der Waals surface area contributed by atoms with Crippen LogP contribution in [0.5, 0.6) is 0 Å². The molecule has 3 aromatic rings. The van der Waals surface area contributed by atoms with Crippen LogP contribution in [-0.4, -0.2) is 81.2 Å². The van der Waals surface area contributed by atoms with Crippen LogP contribution in [0.15, 0.2) is 54.6 Å². The molecule has 10 nitrogen and oxygen atoms in total. The third-order valence-corrected chi connectivity index (χ3v) is 9.19. The Morgan fingerprint density at radius 3 is 2.58 bits per heavy atom. The highest BCUT2D eigenvalue weighted by molar-refractivity contribution is 5.92. The number of hydrogen-bond donors (Lipinski definition) is 3. The van der Waals surface area contributed by atoms with E-state index >= 15 is 0 Å². The molecule has 10 heteroatoms. The highest BCUT2D eigenvalue weighted by Gasteiger charge is 2.45. The van der Waals surface area contributed by atoms with Crippen LogP contribution < -0.4 is 10.6 Å². The molecule has 3 fully saturated rings. The molecule has 2 bridgehead atoms. The summed E-state index contributed by atoms with van der Waals surface area (Å²) in [5.74, 6) is 0.578. The molecule has 0 unspecified atom stereocenters. The maximum Gasteiger partial charge on any atom is 0.245 e. The van der Waals surface area contributed by atoms with Gasteiger partial charge in [0.15, 0.2) is 0 Å². The number of carbonyl (C=O) groups excluding carboxylic acids is 4. The highest BCUT2D eigenvalue weighted by atomic mass is 16.2. The summed E-state index contributed by atoms with van der Waals surface area (Å²) in [4.78, 5) is 65.2. The number of rotatable bonds is 5. The number of likely N-dealkylation sites (tertiary alicyclic amines) is 1. The van der Waals surface area contributed by atoms with Crippen LogP contribution in [0.2, 0.25) is 0 Å². The summed E-state index contributed by atoms with van der Waals surface area (Å²) in [5, 5.41) is 5.74. The second-order valence-electron chi connectivity index (χ2n) is 12.4. The predicted molar refractivity (Wildman–Crippen MR) is 162 cm³/mol. The zero-order valence-corrected chi connectivity index (χ0v) is 24.6. The largest absolute Gasteiger partial charge is 0.345 e. The number of H-pyrrole nitrogens is 1. The van der Waals surface area contributed by atoms with Crippen LogP contribution in [0.3, 0.4) is 0 Å². The van der Waals surface area contributed by atoms with Crippen molar-refractivity contribution in [2.24, 2.45) is 11.8 Å². The zero-order chi connectivity index (χ0) is 29.9. The first-order chi connectivity index (χ1) is 20.8. The number of hydrogen-bond acceptors (Lipinski definition) is 5. The highest BCUT2D eigenvalue weighted by Crippen LogP contribution is 2.36. The zero-order valence-electron chi connectivity index (χ0n) is 24.6. The molecule has 4 amide bonds. The van der Waals surface area contributed by atoms with Gasteiger partial charge in [-0.25, -0.2) is 4.98 Å². The van der Waals surface area contributed by atoms with E-state index in [2.05, 4.69) is 20.6 Å². The Labute approximate surface area is 251 Å². The average molecular weight is 585 g/mol. The lowest BCUT2D eigenvalue weighted by Gasteiger charge is -2.51. The summed E-state index contributed by atoms with van der Waals surface area (Å²) in [6.07, 6.45) is 3.81. The average Bonchev–Trinajstić information content (AvgIpc) is 3.43. The standard InChI is InChI=1S/C33H40N6O4/c1-21-32(42)37-27(17-22-8-3-2-4-9-22)33(43)39-19-23-16-24(28(39)12-7-13-30(40)34-21)20-38(18-23)31(41)15-14-29-35-25-10-5-6-11-26(25)36-29/h2-6,8-11,21,23-24,27-28H,7,12-20H2,1H3,(H,34,40)(H,35,36)(H,37,42)/t21-,23+,24-,27+,28+/m1/s1. The third kappa shape index (κ3) is 6.58. The van der Waals surface area contributed by atoms with Gasteiger partial charge in [0.25, 0.3) is 0 Å². The minimum atomic E-state index is -0.739. The first-order valence-electron chi connectivity index (χ1n) is 15.5. The Kier molecular flexibility index (Phi) is 8.44. The maximum atomic E-state index is 14.2. The lowest BCUT2D eigenvalue weighted by molar-refractivity contribution is -0.148. The van der Waals surface area contributed by atoms with Crippen LogP contribution in [-0.2, 0) is 32.0 Å². The number of para-hydroxylation sites is 2. The number of carbonyl (C=O) groups is 4. The van der Waals surface area contributed by atoms with Crippen molar-refractivity contribution in [3.63, 3.8) is 0 Å². The number of aryl methyl sites for hydroxylation is 1. The van der Waals surface area contributed by atoms with Crippen molar-refractivity contribution in [1.82, 2.24) is 30.4 Å². The Morgan fingerprint density at radius 1 is 0.977 bits per heavy atom. The number of imidazole rings is 1. The van der Waals surface area contributed by atoms with E-state index in [9.17, 15) is 19.2 Å². The number of nitrogens with one attached hydrogen (secondary N) is 3. The van der Waals surface area contributed by atoms with E-state index in [-0.39, 0.29) is 41.5 Å². The van der Waals surface area contributed by atoms with E-state index in [0.717, 1.165) is 28.8 Å². The molecule has 4 heterocycles. The molecule has 0 spiro atoms. The first kappa shape index (κ1) is 28.9. The number of aromatic amines is 1. The lowest BCUT2D eigenvalue weighted by Crippen LogP contribution is -2.63. The second kappa shape index (κ2) is 12.6. The van der Waals surface area contributed by atoms with E-state index in [0.29, 0.717) is 58.2 Å².